The molecule has 0 bridgehead atoms. The Labute approximate surface area is 123 Å². The fourth-order valence-corrected chi connectivity index (χ4v) is 3.08. The number of hydrogen-bond donors (Lipinski definition) is 0. The summed E-state index contributed by atoms with van der Waals surface area (Å²) in [6.07, 6.45) is 4.15. The van der Waals surface area contributed by atoms with Crippen molar-refractivity contribution in [1.29, 1.82) is 5.26 Å². The summed E-state index contributed by atoms with van der Waals surface area (Å²) in [6, 6.07) is 8.94. The van der Waals surface area contributed by atoms with E-state index in [2.05, 4.69) is 40.0 Å². The normalized spacial score (nSPS) is 22.6. The fraction of sp³-hybridized carbons (Fsp3) is 0.533. The Bertz CT molecular complexity index is 476. The van der Waals surface area contributed by atoms with Gasteiger partial charge in [0, 0.05) is 23.5 Å². The second kappa shape index (κ2) is 6.29. The van der Waals surface area contributed by atoms with Crippen LogP contribution < -0.4 is 9.64 Å². The zero-order valence-electron chi connectivity index (χ0n) is 11.4. The highest BCUT2D eigenvalue weighted by Crippen LogP contribution is 2.35. The van der Waals surface area contributed by atoms with Crippen molar-refractivity contribution in [3.05, 3.63) is 22.7 Å². The third kappa shape index (κ3) is 3.22. The third-order valence-electron chi connectivity index (χ3n) is 3.95. The molecule has 0 heterocycles. The minimum absolute atomic E-state index is 0.244. The van der Waals surface area contributed by atoms with E-state index in [1.54, 1.807) is 7.11 Å². The molecule has 4 heteroatoms. The first-order valence-corrected chi connectivity index (χ1v) is 7.41. The van der Waals surface area contributed by atoms with Crippen molar-refractivity contribution >= 4 is 21.6 Å². The van der Waals surface area contributed by atoms with Gasteiger partial charge < -0.3 is 9.64 Å². The molecule has 0 unspecified atom stereocenters. The van der Waals surface area contributed by atoms with E-state index in [0.29, 0.717) is 6.04 Å². The van der Waals surface area contributed by atoms with Gasteiger partial charge in [-0.2, -0.15) is 5.26 Å². The molecule has 1 aromatic rings. The molecule has 0 spiro atoms. The number of nitriles is 1. The van der Waals surface area contributed by atoms with Crippen LogP contribution in [0.25, 0.3) is 0 Å². The van der Waals surface area contributed by atoms with Gasteiger partial charge in [-0.15, -0.1) is 0 Å². The summed E-state index contributed by atoms with van der Waals surface area (Å²) >= 11 is 3.51. The molecule has 1 saturated carbocycles. The van der Waals surface area contributed by atoms with Crippen molar-refractivity contribution in [2.45, 2.75) is 31.7 Å². The first-order valence-electron chi connectivity index (χ1n) is 6.61. The number of methoxy groups -OCH3 is 1. The predicted molar refractivity (Wildman–Crippen MR) is 80.5 cm³/mol. The molecule has 0 aromatic heterocycles. The Morgan fingerprint density at radius 1 is 1.32 bits per heavy atom. The fourth-order valence-electron chi connectivity index (χ4n) is 2.73. The number of hydrogen-bond acceptors (Lipinski definition) is 3. The number of halogens is 1. The first kappa shape index (κ1) is 14.2. The van der Waals surface area contributed by atoms with Gasteiger partial charge in [0.25, 0.3) is 0 Å². The van der Waals surface area contributed by atoms with Crippen LogP contribution in [0.3, 0.4) is 0 Å². The minimum atomic E-state index is 0.244. The van der Waals surface area contributed by atoms with E-state index in [4.69, 9.17) is 10.00 Å². The summed E-state index contributed by atoms with van der Waals surface area (Å²) in [5.41, 5.74) is 1.11. The van der Waals surface area contributed by atoms with Gasteiger partial charge >= 0.3 is 0 Å². The van der Waals surface area contributed by atoms with E-state index >= 15 is 0 Å². The molecule has 0 N–H and O–H groups in total. The molecule has 1 aliphatic carbocycles. The van der Waals surface area contributed by atoms with E-state index in [0.717, 1.165) is 41.6 Å². The molecule has 1 fully saturated rings. The average molecular weight is 323 g/mol. The molecule has 1 aromatic carbocycles. The van der Waals surface area contributed by atoms with E-state index in [9.17, 15) is 0 Å². The second-order valence-electron chi connectivity index (χ2n) is 5.06. The monoisotopic (exact) mass is 322 g/mol. The van der Waals surface area contributed by atoms with E-state index in [1.807, 2.05) is 12.1 Å². The van der Waals surface area contributed by atoms with Crippen LogP contribution in [-0.2, 0) is 0 Å². The van der Waals surface area contributed by atoms with Crippen molar-refractivity contribution in [3.8, 4) is 11.8 Å². The van der Waals surface area contributed by atoms with Crippen molar-refractivity contribution in [1.82, 2.24) is 0 Å². The lowest BCUT2D eigenvalue weighted by Gasteiger charge is -2.35. The van der Waals surface area contributed by atoms with Crippen LogP contribution in [0, 0.1) is 17.2 Å². The summed E-state index contributed by atoms with van der Waals surface area (Å²) in [5.74, 6) is 1.14. The molecule has 19 heavy (non-hydrogen) atoms. The number of nitrogens with zero attached hydrogens (tertiary/aromatic N) is 2. The number of rotatable bonds is 3. The van der Waals surface area contributed by atoms with Gasteiger partial charge in [0.1, 0.15) is 5.75 Å². The summed E-state index contributed by atoms with van der Waals surface area (Å²) < 4.78 is 6.50. The van der Waals surface area contributed by atoms with Gasteiger partial charge in [-0.25, -0.2) is 0 Å². The second-order valence-corrected chi connectivity index (χ2v) is 5.98. The van der Waals surface area contributed by atoms with E-state index in [-0.39, 0.29) is 5.92 Å². The van der Waals surface area contributed by atoms with Crippen LogP contribution in [0.2, 0.25) is 0 Å². The van der Waals surface area contributed by atoms with Crippen molar-refractivity contribution < 1.29 is 4.74 Å². The number of anilines is 1. The zero-order valence-corrected chi connectivity index (χ0v) is 13.0. The maximum Gasteiger partial charge on any atom is 0.142 e. The topological polar surface area (TPSA) is 36.3 Å². The van der Waals surface area contributed by atoms with Crippen molar-refractivity contribution in [2.75, 3.05) is 19.1 Å². The summed E-state index contributed by atoms with van der Waals surface area (Å²) in [7, 11) is 3.81. The molecule has 0 amide bonds. The lowest BCUT2D eigenvalue weighted by Crippen LogP contribution is -2.35. The highest BCUT2D eigenvalue weighted by molar-refractivity contribution is 9.10. The molecule has 1 aliphatic rings. The SMILES string of the molecule is COc1ccc(Br)cc1N(C)C1CCC(C#N)CC1. The Morgan fingerprint density at radius 2 is 2.00 bits per heavy atom. The van der Waals surface area contributed by atoms with Gasteiger partial charge in [-0.1, -0.05) is 15.9 Å². The Kier molecular flexibility index (Phi) is 4.71. The number of ether oxygens (including phenoxy) is 1. The van der Waals surface area contributed by atoms with Crippen molar-refractivity contribution in [3.63, 3.8) is 0 Å². The van der Waals surface area contributed by atoms with Gasteiger partial charge in [0.2, 0.25) is 0 Å². The quantitative estimate of drug-likeness (QED) is 0.844. The molecule has 0 atom stereocenters. The van der Waals surface area contributed by atoms with Crippen LogP contribution in [0.15, 0.2) is 22.7 Å². The smallest absolute Gasteiger partial charge is 0.142 e. The maximum atomic E-state index is 8.96. The Morgan fingerprint density at radius 3 is 2.58 bits per heavy atom. The van der Waals surface area contributed by atoms with Crippen LogP contribution in [0.1, 0.15) is 25.7 Å². The van der Waals surface area contributed by atoms with E-state index in [1.165, 1.54) is 0 Å². The standard InChI is InChI=1S/C15H19BrN2O/c1-18(13-6-3-11(10-17)4-7-13)14-9-12(16)5-8-15(14)19-2/h5,8-9,11,13H,3-4,6-7H2,1-2H3. The third-order valence-corrected chi connectivity index (χ3v) is 4.44. The predicted octanol–water partition coefficient (Wildman–Crippen LogP) is 3.98. The molecule has 102 valence electrons. The zero-order chi connectivity index (χ0) is 13.8. The highest BCUT2D eigenvalue weighted by Gasteiger charge is 2.25. The van der Waals surface area contributed by atoms with Gasteiger partial charge in [0.15, 0.2) is 0 Å². The lowest BCUT2D eigenvalue weighted by atomic mass is 9.86. The molecule has 0 aliphatic heterocycles. The lowest BCUT2D eigenvalue weighted by molar-refractivity contribution is 0.367. The minimum Gasteiger partial charge on any atom is -0.495 e. The van der Waals surface area contributed by atoms with Gasteiger partial charge in [0.05, 0.1) is 18.9 Å². The molecule has 3 nitrogen and oxygen atoms in total. The largest absolute Gasteiger partial charge is 0.495 e. The van der Waals surface area contributed by atoms with Crippen LogP contribution in [-0.4, -0.2) is 20.2 Å². The molecular formula is C15H19BrN2O. The van der Waals surface area contributed by atoms with E-state index < -0.39 is 0 Å². The van der Waals surface area contributed by atoms with Crippen molar-refractivity contribution in [2.24, 2.45) is 5.92 Å². The summed E-state index contributed by atoms with van der Waals surface area (Å²) in [4.78, 5) is 2.29. The maximum absolute atomic E-state index is 8.96. The first-order chi connectivity index (χ1) is 9.15. The molecule has 2 rings (SSSR count). The highest BCUT2D eigenvalue weighted by atomic mass is 79.9. The number of benzene rings is 1. The van der Waals surface area contributed by atoms with Crippen LogP contribution in [0.4, 0.5) is 5.69 Å². The van der Waals surface area contributed by atoms with Crippen LogP contribution >= 0.6 is 15.9 Å². The molecule has 0 radical (unpaired) electrons. The van der Waals surface area contributed by atoms with Gasteiger partial charge in [-0.05, 0) is 43.9 Å². The Hall–Kier alpha value is -1.21. The van der Waals surface area contributed by atoms with Gasteiger partial charge in [-0.3, -0.25) is 0 Å². The Balaban J connectivity index is 2.14. The average Bonchev–Trinajstić information content (AvgIpc) is 2.46. The molecule has 0 saturated heterocycles. The molecular weight excluding hydrogens is 304 g/mol. The summed E-state index contributed by atoms with van der Waals surface area (Å²) in [5, 5.41) is 8.96. The summed E-state index contributed by atoms with van der Waals surface area (Å²) in [6.45, 7) is 0. The van der Waals surface area contributed by atoms with Crippen LogP contribution in [0.5, 0.6) is 5.75 Å².